The molecule has 2 N–H and O–H groups in total. The molecule has 8 heavy (non-hydrogen) atoms. The highest BCUT2D eigenvalue weighted by atomic mass is 32.1. The Morgan fingerprint density at radius 1 is 1.75 bits per heavy atom. The monoisotopic (exact) mass is 126 g/mol. The Hall–Kier alpha value is -0.830. The maximum atomic E-state index is 5.03. The minimum absolute atomic E-state index is 0.951. The van der Waals surface area contributed by atoms with Gasteiger partial charge in [-0.2, -0.15) is 0 Å². The SMILES string of the molecule is N/C=N/c1cccs1. The van der Waals surface area contributed by atoms with Crippen molar-refractivity contribution in [2.75, 3.05) is 0 Å². The predicted molar refractivity (Wildman–Crippen MR) is 36.7 cm³/mol. The van der Waals surface area contributed by atoms with E-state index in [1.165, 1.54) is 6.34 Å². The molecule has 0 fully saturated rings. The molecule has 1 rings (SSSR count). The average Bonchev–Trinajstić information content (AvgIpc) is 2.19. The Balaban J connectivity index is 2.77. The van der Waals surface area contributed by atoms with Gasteiger partial charge in [-0.1, -0.05) is 0 Å². The fourth-order valence-corrected chi connectivity index (χ4v) is 0.992. The average molecular weight is 126 g/mol. The number of nitrogens with two attached hydrogens (primary N) is 1. The van der Waals surface area contributed by atoms with Crippen LogP contribution in [0.1, 0.15) is 0 Å². The van der Waals surface area contributed by atoms with Gasteiger partial charge in [0, 0.05) is 0 Å². The number of hydrogen-bond acceptors (Lipinski definition) is 2. The smallest absolute Gasteiger partial charge is 0.117 e. The Morgan fingerprint density at radius 2 is 2.62 bits per heavy atom. The molecule has 0 aliphatic carbocycles. The van der Waals surface area contributed by atoms with Crippen LogP contribution in [-0.4, -0.2) is 6.34 Å². The fraction of sp³-hybridized carbons (Fsp3) is 0. The van der Waals surface area contributed by atoms with Gasteiger partial charge in [0.05, 0.1) is 6.34 Å². The summed E-state index contributed by atoms with van der Waals surface area (Å²) in [6, 6.07) is 3.85. The topological polar surface area (TPSA) is 38.4 Å². The number of rotatable bonds is 1. The van der Waals surface area contributed by atoms with Gasteiger partial charge in [0.2, 0.25) is 0 Å². The van der Waals surface area contributed by atoms with Crippen molar-refractivity contribution >= 4 is 22.7 Å². The van der Waals surface area contributed by atoms with E-state index in [1.807, 2.05) is 17.5 Å². The molecule has 0 radical (unpaired) electrons. The second kappa shape index (κ2) is 2.47. The molecule has 0 atom stereocenters. The molecule has 2 nitrogen and oxygen atoms in total. The van der Waals surface area contributed by atoms with Gasteiger partial charge < -0.3 is 5.73 Å². The maximum Gasteiger partial charge on any atom is 0.117 e. The van der Waals surface area contributed by atoms with Gasteiger partial charge in [-0.15, -0.1) is 11.3 Å². The Bertz CT molecular complexity index is 167. The quantitative estimate of drug-likeness (QED) is 0.448. The number of nitrogens with zero attached hydrogens (tertiary/aromatic N) is 1. The van der Waals surface area contributed by atoms with Crippen molar-refractivity contribution in [2.45, 2.75) is 0 Å². The lowest BCUT2D eigenvalue weighted by Gasteiger charge is -1.75. The van der Waals surface area contributed by atoms with Crippen LogP contribution in [0.2, 0.25) is 0 Å². The zero-order chi connectivity index (χ0) is 5.82. The van der Waals surface area contributed by atoms with Crippen molar-refractivity contribution in [3.63, 3.8) is 0 Å². The summed E-state index contributed by atoms with van der Waals surface area (Å²) in [7, 11) is 0. The van der Waals surface area contributed by atoms with Crippen LogP contribution in [0, 0.1) is 0 Å². The molecule has 0 saturated carbocycles. The Morgan fingerprint density at radius 3 is 3.12 bits per heavy atom. The minimum Gasteiger partial charge on any atom is -0.390 e. The Kier molecular flexibility index (Phi) is 1.64. The summed E-state index contributed by atoms with van der Waals surface area (Å²) in [6.07, 6.45) is 1.30. The normalized spacial score (nSPS) is 10.5. The largest absolute Gasteiger partial charge is 0.390 e. The number of aliphatic imine (C=N–C) groups is 1. The molecule has 0 spiro atoms. The van der Waals surface area contributed by atoms with Crippen molar-refractivity contribution in [2.24, 2.45) is 10.7 Å². The minimum atomic E-state index is 0.951. The molecule has 0 aliphatic rings. The van der Waals surface area contributed by atoms with Crippen LogP contribution in [0.15, 0.2) is 22.5 Å². The van der Waals surface area contributed by atoms with E-state index >= 15 is 0 Å². The lowest BCUT2D eigenvalue weighted by molar-refractivity contribution is 1.61. The first-order valence-corrected chi connectivity index (χ1v) is 3.09. The van der Waals surface area contributed by atoms with Gasteiger partial charge in [-0.25, -0.2) is 4.99 Å². The van der Waals surface area contributed by atoms with Gasteiger partial charge in [0.15, 0.2) is 0 Å². The molecule has 1 aromatic heterocycles. The van der Waals surface area contributed by atoms with E-state index in [2.05, 4.69) is 4.99 Å². The van der Waals surface area contributed by atoms with Gasteiger partial charge >= 0.3 is 0 Å². The highest BCUT2D eigenvalue weighted by molar-refractivity contribution is 7.13. The van der Waals surface area contributed by atoms with Gasteiger partial charge in [-0.05, 0) is 17.5 Å². The van der Waals surface area contributed by atoms with Crippen molar-refractivity contribution in [3.05, 3.63) is 17.5 Å². The van der Waals surface area contributed by atoms with Crippen LogP contribution in [0.3, 0.4) is 0 Å². The van der Waals surface area contributed by atoms with E-state index in [4.69, 9.17) is 5.73 Å². The van der Waals surface area contributed by atoms with E-state index < -0.39 is 0 Å². The van der Waals surface area contributed by atoms with E-state index in [9.17, 15) is 0 Å². The Labute approximate surface area is 51.7 Å². The molecule has 0 saturated heterocycles. The first-order valence-electron chi connectivity index (χ1n) is 2.21. The van der Waals surface area contributed by atoms with Gasteiger partial charge in [0.25, 0.3) is 0 Å². The highest BCUT2D eigenvalue weighted by Gasteiger charge is 1.81. The summed E-state index contributed by atoms with van der Waals surface area (Å²) in [5, 5.41) is 2.91. The summed E-state index contributed by atoms with van der Waals surface area (Å²) >= 11 is 1.57. The molecule has 1 aromatic rings. The van der Waals surface area contributed by atoms with E-state index in [0.717, 1.165) is 5.00 Å². The summed E-state index contributed by atoms with van der Waals surface area (Å²) < 4.78 is 0. The standard InChI is InChI=1S/C5H6N2S/c6-4-7-5-2-1-3-8-5/h1-4H,(H2,6,7). The molecule has 0 aliphatic heterocycles. The first-order chi connectivity index (χ1) is 3.93. The molecule has 0 bridgehead atoms. The number of thiophene rings is 1. The second-order valence-electron chi connectivity index (χ2n) is 1.23. The van der Waals surface area contributed by atoms with Crippen LogP contribution in [0.5, 0.6) is 0 Å². The molecule has 1 heterocycles. The van der Waals surface area contributed by atoms with Crippen LogP contribution in [0.25, 0.3) is 0 Å². The molecule has 0 aromatic carbocycles. The zero-order valence-electron chi connectivity index (χ0n) is 4.24. The van der Waals surface area contributed by atoms with Crippen molar-refractivity contribution in [1.82, 2.24) is 0 Å². The summed E-state index contributed by atoms with van der Waals surface area (Å²) in [4.78, 5) is 3.84. The third kappa shape index (κ3) is 1.07. The molecule has 42 valence electrons. The summed E-state index contributed by atoms with van der Waals surface area (Å²) in [5.41, 5.74) is 5.03. The lowest BCUT2D eigenvalue weighted by Crippen LogP contribution is -1.84. The second-order valence-corrected chi connectivity index (χ2v) is 2.16. The van der Waals surface area contributed by atoms with E-state index in [-0.39, 0.29) is 0 Å². The third-order valence-corrected chi connectivity index (χ3v) is 1.48. The fourth-order valence-electron chi connectivity index (χ4n) is 0.417. The number of hydrogen-bond donors (Lipinski definition) is 1. The predicted octanol–water partition coefficient (Wildman–Crippen LogP) is 1.37. The molecule has 3 heteroatoms. The van der Waals surface area contributed by atoms with Gasteiger partial charge in [0.1, 0.15) is 5.00 Å². The molecule has 0 unspecified atom stereocenters. The van der Waals surface area contributed by atoms with Crippen molar-refractivity contribution in [3.8, 4) is 0 Å². The van der Waals surface area contributed by atoms with Crippen LogP contribution >= 0.6 is 11.3 Å². The van der Waals surface area contributed by atoms with Crippen LogP contribution in [0.4, 0.5) is 5.00 Å². The highest BCUT2D eigenvalue weighted by Crippen LogP contribution is 2.17. The molecular formula is C5H6N2S. The zero-order valence-corrected chi connectivity index (χ0v) is 5.06. The van der Waals surface area contributed by atoms with Crippen molar-refractivity contribution in [1.29, 1.82) is 0 Å². The maximum absolute atomic E-state index is 5.03. The van der Waals surface area contributed by atoms with E-state index in [1.54, 1.807) is 11.3 Å². The third-order valence-electron chi connectivity index (χ3n) is 0.708. The van der Waals surface area contributed by atoms with Gasteiger partial charge in [-0.3, -0.25) is 0 Å². The summed E-state index contributed by atoms with van der Waals surface area (Å²) in [6.45, 7) is 0. The summed E-state index contributed by atoms with van der Waals surface area (Å²) in [5.74, 6) is 0. The molecular weight excluding hydrogens is 120 g/mol. The lowest BCUT2D eigenvalue weighted by atomic mass is 10.6. The van der Waals surface area contributed by atoms with E-state index in [0.29, 0.717) is 0 Å². The van der Waals surface area contributed by atoms with Crippen LogP contribution < -0.4 is 5.73 Å². The van der Waals surface area contributed by atoms with Crippen molar-refractivity contribution < 1.29 is 0 Å². The molecule has 0 amide bonds. The first kappa shape index (κ1) is 5.31. The van der Waals surface area contributed by atoms with Crippen LogP contribution in [-0.2, 0) is 0 Å².